The molecule has 296 valence electrons. The average molecular weight is 802 g/mol. The number of nitrogens with zero attached hydrogens (tertiary/aromatic N) is 1. The third kappa shape index (κ3) is 4.94. The van der Waals surface area contributed by atoms with Crippen molar-refractivity contribution in [2.45, 2.75) is 24.7 Å². The van der Waals surface area contributed by atoms with E-state index in [0.29, 0.717) is 0 Å². The third-order valence-corrected chi connectivity index (χ3v) is 14.5. The van der Waals surface area contributed by atoms with Crippen LogP contribution in [0.25, 0.3) is 66.4 Å². The minimum Gasteiger partial charge on any atom is -0.310 e. The Morgan fingerprint density at radius 3 is 1.48 bits per heavy atom. The van der Waals surface area contributed by atoms with Gasteiger partial charge in [-0.15, -0.1) is 0 Å². The smallest absolute Gasteiger partial charge is 0.0726 e. The second-order valence-corrected chi connectivity index (χ2v) is 17.9. The van der Waals surface area contributed by atoms with Crippen molar-refractivity contribution in [1.29, 1.82) is 0 Å². The first-order valence-electron chi connectivity index (χ1n) is 22.2. The van der Waals surface area contributed by atoms with E-state index in [1.54, 1.807) is 0 Å². The van der Waals surface area contributed by atoms with Crippen LogP contribution in [0.4, 0.5) is 17.1 Å². The predicted molar refractivity (Wildman–Crippen MR) is 263 cm³/mol. The van der Waals surface area contributed by atoms with Gasteiger partial charge in [-0.1, -0.05) is 208 Å². The van der Waals surface area contributed by atoms with E-state index >= 15 is 0 Å². The summed E-state index contributed by atoms with van der Waals surface area (Å²) in [5.41, 5.74) is 23.5. The van der Waals surface area contributed by atoms with Crippen molar-refractivity contribution in [3.05, 3.63) is 258 Å². The van der Waals surface area contributed by atoms with Crippen LogP contribution < -0.4 is 4.90 Å². The summed E-state index contributed by atoms with van der Waals surface area (Å²) in [6, 6.07) is 84.0. The van der Waals surface area contributed by atoms with Gasteiger partial charge in [0.2, 0.25) is 0 Å². The molecule has 0 heterocycles. The molecule has 0 saturated carbocycles. The van der Waals surface area contributed by atoms with Crippen molar-refractivity contribution in [1.82, 2.24) is 0 Å². The normalized spacial score (nSPS) is 14.1. The molecule has 0 saturated heterocycles. The Balaban J connectivity index is 1.10. The maximum Gasteiger partial charge on any atom is 0.0726 e. The monoisotopic (exact) mass is 801 g/mol. The summed E-state index contributed by atoms with van der Waals surface area (Å²) < 4.78 is 0. The number of hydrogen-bond acceptors (Lipinski definition) is 1. The van der Waals surface area contributed by atoms with Crippen LogP contribution in [0.2, 0.25) is 0 Å². The van der Waals surface area contributed by atoms with Gasteiger partial charge in [0.1, 0.15) is 0 Å². The van der Waals surface area contributed by atoms with Crippen LogP contribution in [-0.4, -0.2) is 0 Å². The first-order valence-corrected chi connectivity index (χ1v) is 22.2. The number of anilines is 3. The lowest BCUT2D eigenvalue weighted by Crippen LogP contribution is -2.28. The first kappa shape index (κ1) is 36.0. The van der Waals surface area contributed by atoms with Gasteiger partial charge < -0.3 is 4.90 Å². The molecule has 0 radical (unpaired) electrons. The molecule has 0 aliphatic heterocycles. The molecule has 1 spiro atoms. The number of benzene rings is 10. The number of rotatable bonds is 5. The fourth-order valence-corrected chi connectivity index (χ4v) is 11.8. The van der Waals surface area contributed by atoms with Crippen molar-refractivity contribution >= 4 is 27.8 Å². The minimum atomic E-state index is -0.452. The summed E-state index contributed by atoms with van der Waals surface area (Å²) in [5, 5.41) is 2.63. The van der Waals surface area contributed by atoms with Gasteiger partial charge in [0, 0.05) is 16.8 Å². The highest BCUT2D eigenvalue weighted by atomic mass is 15.1. The zero-order valence-electron chi connectivity index (χ0n) is 35.3. The molecule has 1 heteroatoms. The lowest BCUT2D eigenvalue weighted by molar-refractivity contribution is 0.646. The summed E-state index contributed by atoms with van der Waals surface area (Å²) in [7, 11) is 0. The lowest BCUT2D eigenvalue weighted by atomic mass is 9.66. The van der Waals surface area contributed by atoms with E-state index < -0.39 is 5.41 Å². The second kappa shape index (κ2) is 13.4. The molecule has 13 rings (SSSR count). The molecule has 0 amide bonds. The second-order valence-electron chi connectivity index (χ2n) is 17.9. The fraction of sp³-hybridized carbons (Fsp3) is 0.0645. The van der Waals surface area contributed by atoms with Crippen molar-refractivity contribution < 1.29 is 0 Å². The summed E-state index contributed by atoms with van der Waals surface area (Å²) >= 11 is 0. The Morgan fingerprint density at radius 2 is 0.825 bits per heavy atom. The molecular weight excluding hydrogens is 759 g/mol. The van der Waals surface area contributed by atoms with Crippen LogP contribution in [0.5, 0.6) is 0 Å². The van der Waals surface area contributed by atoms with Gasteiger partial charge in [-0.3, -0.25) is 0 Å². The van der Waals surface area contributed by atoms with Gasteiger partial charge in [0.25, 0.3) is 0 Å². The standard InChI is InChI=1S/C62H43N/c1-61(2)55-29-15-21-43-33-37-46(42-19-7-4-8-20-42)59(58(43)55)51-25-16-30-57(60(51)61)63(44-34-31-41(32-35-44)40-17-5-3-6-18-40)45-36-38-50-49-24-11-14-28-54(49)62(56(50)39-45)52-26-12-9-22-47(52)48-23-10-13-27-53(48)62/h3-39H,1-2H3. The molecule has 3 aliphatic rings. The van der Waals surface area contributed by atoms with Crippen LogP contribution >= 0.6 is 0 Å². The molecule has 1 nitrogen and oxygen atoms in total. The van der Waals surface area contributed by atoms with E-state index in [2.05, 4.69) is 243 Å². The molecular formula is C62H43N. The molecule has 0 atom stereocenters. The minimum absolute atomic E-state index is 0.326. The van der Waals surface area contributed by atoms with Crippen molar-refractivity contribution in [3.8, 4) is 55.6 Å². The third-order valence-electron chi connectivity index (χ3n) is 14.5. The molecule has 0 aromatic heterocycles. The Bertz CT molecular complexity index is 3400. The van der Waals surface area contributed by atoms with Crippen molar-refractivity contribution in [2.24, 2.45) is 0 Å². The number of fused-ring (bicyclic) bond motifs is 12. The van der Waals surface area contributed by atoms with Gasteiger partial charge >= 0.3 is 0 Å². The molecule has 0 bridgehead atoms. The molecule has 0 N–H and O–H groups in total. The van der Waals surface area contributed by atoms with E-state index in [4.69, 9.17) is 0 Å². The molecule has 10 aromatic rings. The van der Waals surface area contributed by atoms with E-state index in [0.717, 1.165) is 11.4 Å². The van der Waals surface area contributed by atoms with Crippen LogP contribution in [0.3, 0.4) is 0 Å². The Morgan fingerprint density at radius 1 is 0.333 bits per heavy atom. The quantitative estimate of drug-likeness (QED) is 0.168. The Hall–Kier alpha value is -7.74. The largest absolute Gasteiger partial charge is 0.310 e. The first-order chi connectivity index (χ1) is 31.0. The fourth-order valence-electron chi connectivity index (χ4n) is 11.8. The van der Waals surface area contributed by atoms with Crippen LogP contribution in [0.1, 0.15) is 47.2 Å². The molecule has 3 aliphatic carbocycles. The van der Waals surface area contributed by atoms with Gasteiger partial charge in [-0.2, -0.15) is 0 Å². The van der Waals surface area contributed by atoms with Crippen LogP contribution in [-0.2, 0) is 10.8 Å². The maximum atomic E-state index is 2.55. The summed E-state index contributed by atoms with van der Waals surface area (Å²) in [6.07, 6.45) is 0. The van der Waals surface area contributed by atoms with Gasteiger partial charge in [-0.05, 0) is 130 Å². The maximum absolute atomic E-state index is 2.55. The zero-order chi connectivity index (χ0) is 41.9. The zero-order valence-corrected chi connectivity index (χ0v) is 35.3. The van der Waals surface area contributed by atoms with Crippen molar-refractivity contribution in [3.63, 3.8) is 0 Å². The Labute approximate surface area is 369 Å². The van der Waals surface area contributed by atoms with Crippen LogP contribution in [0.15, 0.2) is 224 Å². The summed E-state index contributed by atoms with van der Waals surface area (Å²) in [6.45, 7) is 4.86. The van der Waals surface area contributed by atoms with Gasteiger partial charge in [0.05, 0.1) is 11.1 Å². The highest BCUT2D eigenvalue weighted by molar-refractivity contribution is 6.10. The molecule has 0 unspecified atom stereocenters. The highest BCUT2D eigenvalue weighted by Gasteiger charge is 2.51. The number of hydrogen-bond donors (Lipinski definition) is 0. The van der Waals surface area contributed by atoms with Crippen molar-refractivity contribution in [2.75, 3.05) is 4.90 Å². The van der Waals surface area contributed by atoms with E-state index in [-0.39, 0.29) is 5.41 Å². The SMILES string of the molecule is CC1(C)c2c(cccc2N(c2ccc(-c3ccccc3)cc2)c2ccc3c(c2)C2(c4ccccc4-c4ccccc42)c2ccccc2-3)-c2c(-c3ccccc3)ccc3cccc1c23. The Kier molecular flexibility index (Phi) is 7.64. The van der Waals surface area contributed by atoms with E-state index in [9.17, 15) is 0 Å². The predicted octanol–water partition coefficient (Wildman–Crippen LogP) is 16.3. The highest BCUT2D eigenvalue weighted by Crippen LogP contribution is 2.64. The molecule has 10 aromatic carbocycles. The van der Waals surface area contributed by atoms with E-state index in [1.807, 2.05) is 0 Å². The van der Waals surface area contributed by atoms with Gasteiger partial charge in [-0.25, -0.2) is 0 Å². The topological polar surface area (TPSA) is 3.24 Å². The van der Waals surface area contributed by atoms with Gasteiger partial charge in [0.15, 0.2) is 0 Å². The summed E-state index contributed by atoms with van der Waals surface area (Å²) in [4.78, 5) is 2.55. The average Bonchev–Trinajstić information content (AvgIpc) is 3.81. The van der Waals surface area contributed by atoms with Crippen LogP contribution in [0, 0.1) is 0 Å². The molecule has 63 heavy (non-hydrogen) atoms. The molecule has 0 fully saturated rings. The lowest BCUT2D eigenvalue weighted by Gasteiger charge is -2.40. The van der Waals surface area contributed by atoms with E-state index in [1.165, 1.54) is 105 Å². The summed E-state index contributed by atoms with van der Waals surface area (Å²) in [5.74, 6) is 0.